The molecule has 0 aromatic carbocycles. The number of urea groups is 1. The molecule has 0 atom stereocenters. The molecular weight excluding hydrogens is 176 g/mol. The summed E-state index contributed by atoms with van der Waals surface area (Å²) in [5.74, 6) is 0.639. The molecule has 0 aliphatic rings. The second-order valence-corrected chi connectivity index (χ2v) is 5.28. The fourth-order valence-corrected chi connectivity index (χ4v) is 0.970. The fourth-order valence-electron chi connectivity index (χ4n) is 0.970. The summed E-state index contributed by atoms with van der Waals surface area (Å²) in [7, 11) is 1.84. The third-order valence-electron chi connectivity index (χ3n) is 1.87. The molecule has 1 N–H and O–H groups in total. The first-order valence-corrected chi connectivity index (χ1v) is 5.25. The Kier molecular flexibility index (Phi) is 4.95. The molecule has 3 heteroatoms. The first kappa shape index (κ1) is 13.3. The summed E-state index contributed by atoms with van der Waals surface area (Å²) in [5, 5.41) is 2.93. The second-order valence-electron chi connectivity index (χ2n) is 5.28. The molecule has 2 amide bonds. The quantitative estimate of drug-likeness (QED) is 0.745. The Bertz CT molecular complexity index is 182. The molecule has 0 aromatic heterocycles. The van der Waals surface area contributed by atoms with E-state index in [9.17, 15) is 4.79 Å². The van der Waals surface area contributed by atoms with E-state index in [1.54, 1.807) is 4.90 Å². The summed E-state index contributed by atoms with van der Waals surface area (Å²) >= 11 is 0. The lowest BCUT2D eigenvalue weighted by molar-refractivity contribution is 0.197. The van der Waals surface area contributed by atoms with Crippen molar-refractivity contribution < 1.29 is 4.79 Å². The van der Waals surface area contributed by atoms with Crippen LogP contribution in [0.15, 0.2) is 0 Å². The predicted molar refractivity (Wildman–Crippen MR) is 60.4 cm³/mol. The van der Waals surface area contributed by atoms with Gasteiger partial charge in [0, 0.05) is 19.1 Å². The van der Waals surface area contributed by atoms with Crippen molar-refractivity contribution in [3.8, 4) is 0 Å². The van der Waals surface area contributed by atoms with Gasteiger partial charge in [0.15, 0.2) is 0 Å². The van der Waals surface area contributed by atoms with E-state index in [0.717, 1.165) is 13.0 Å². The number of amides is 2. The molecule has 84 valence electrons. The molecule has 0 unspecified atom stereocenters. The number of rotatable bonds is 3. The van der Waals surface area contributed by atoms with E-state index in [1.165, 1.54) is 0 Å². The van der Waals surface area contributed by atoms with E-state index in [1.807, 2.05) is 27.8 Å². The summed E-state index contributed by atoms with van der Waals surface area (Å²) in [6.45, 7) is 11.1. The van der Waals surface area contributed by atoms with Gasteiger partial charge in [-0.15, -0.1) is 0 Å². The normalized spacial score (nSPS) is 11.6. The Morgan fingerprint density at radius 1 is 1.36 bits per heavy atom. The fraction of sp³-hybridized carbons (Fsp3) is 0.909. The minimum absolute atomic E-state index is 0.0122. The largest absolute Gasteiger partial charge is 0.333 e. The molecule has 0 bridgehead atoms. The van der Waals surface area contributed by atoms with E-state index in [-0.39, 0.29) is 11.6 Å². The molecule has 0 aromatic rings. The summed E-state index contributed by atoms with van der Waals surface area (Å²) in [6.07, 6.45) is 1.05. The zero-order valence-corrected chi connectivity index (χ0v) is 10.3. The molecule has 0 aliphatic carbocycles. The molecule has 0 spiro atoms. The summed E-state index contributed by atoms with van der Waals surface area (Å²) in [5.41, 5.74) is -0.150. The molecule has 0 rings (SSSR count). The van der Waals surface area contributed by atoms with Crippen molar-refractivity contribution in [2.75, 3.05) is 13.6 Å². The first-order chi connectivity index (χ1) is 6.22. The average molecular weight is 200 g/mol. The SMILES string of the molecule is CC(C)CCN(C)C(=O)NC(C)(C)C. The van der Waals surface area contributed by atoms with Crippen molar-refractivity contribution in [2.45, 2.75) is 46.6 Å². The van der Waals surface area contributed by atoms with Crippen LogP contribution in [0, 0.1) is 5.92 Å². The second kappa shape index (κ2) is 5.23. The van der Waals surface area contributed by atoms with Gasteiger partial charge in [0.1, 0.15) is 0 Å². The van der Waals surface area contributed by atoms with Crippen LogP contribution < -0.4 is 5.32 Å². The van der Waals surface area contributed by atoms with Gasteiger partial charge in [0.2, 0.25) is 0 Å². The predicted octanol–water partition coefficient (Wildman–Crippen LogP) is 2.47. The van der Waals surface area contributed by atoms with E-state index >= 15 is 0 Å². The van der Waals surface area contributed by atoms with Gasteiger partial charge in [-0.05, 0) is 33.1 Å². The molecule has 0 saturated heterocycles. The third-order valence-corrected chi connectivity index (χ3v) is 1.87. The number of hydrogen-bond acceptors (Lipinski definition) is 1. The van der Waals surface area contributed by atoms with Crippen LogP contribution in [0.5, 0.6) is 0 Å². The number of nitrogens with zero attached hydrogens (tertiary/aromatic N) is 1. The monoisotopic (exact) mass is 200 g/mol. The Hall–Kier alpha value is -0.730. The zero-order chi connectivity index (χ0) is 11.4. The van der Waals surface area contributed by atoms with Crippen molar-refractivity contribution in [3.05, 3.63) is 0 Å². The lowest BCUT2D eigenvalue weighted by atomic mass is 10.1. The van der Waals surface area contributed by atoms with Crippen molar-refractivity contribution in [1.82, 2.24) is 10.2 Å². The van der Waals surface area contributed by atoms with Crippen molar-refractivity contribution >= 4 is 6.03 Å². The number of carbonyl (C=O) groups excluding carboxylic acids is 1. The maximum atomic E-state index is 11.6. The topological polar surface area (TPSA) is 32.3 Å². The van der Waals surface area contributed by atoms with Gasteiger partial charge in [-0.25, -0.2) is 4.79 Å². The molecule has 0 radical (unpaired) electrons. The van der Waals surface area contributed by atoms with Crippen LogP contribution >= 0.6 is 0 Å². The molecule has 0 saturated carbocycles. The maximum absolute atomic E-state index is 11.6. The van der Waals surface area contributed by atoms with Crippen molar-refractivity contribution in [2.24, 2.45) is 5.92 Å². The zero-order valence-electron chi connectivity index (χ0n) is 10.3. The summed E-state index contributed by atoms with van der Waals surface area (Å²) in [4.78, 5) is 13.3. The molecule has 0 heterocycles. The highest BCUT2D eigenvalue weighted by atomic mass is 16.2. The Morgan fingerprint density at radius 3 is 2.21 bits per heavy atom. The number of hydrogen-bond donors (Lipinski definition) is 1. The van der Waals surface area contributed by atoms with Gasteiger partial charge in [0.05, 0.1) is 0 Å². The summed E-state index contributed by atoms with van der Waals surface area (Å²) in [6, 6.07) is 0.0122. The van der Waals surface area contributed by atoms with Crippen LogP contribution in [-0.4, -0.2) is 30.1 Å². The van der Waals surface area contributed by atoms with Gasteiger partial charge in [0.25, 0.3) is 0 Å². The molecular formula is C11H24N2O. The third kappa shape index (κ3) is 6.75. The number of carbonyl (C=O) groups is 1. The Morgan fingerprint density at radius 2 is 1.86 bits per heavy atom. The minimum atomic E-state index is -0.150. The smallest absolute Gasteiger partial charge is 0.317 e. The average Bonchev–Trinajstić information content (AvgIpc) is 1.96. The van der Waals surface area contributed by atoms with Gasteiger partial charge < -0.3 is 10.2 Å². The molecule has 14 heavy (non-hydrogen) atoms. The molecule has 3 nitrogen and oxygen atoms in total. The first-order valence-electron chi connectivity index (χ1n) is 5.25. The molecule has 0 fully saturated rings. The summed E-state index contributed by atoms with van der Waals surface area (Å²) < 4.78 is 0. The van der Waals surface area contributed by atoms with Crippen molar-refractivity contribution in [3.63, 3.8) is 0 Å². The molecule has 0 aliphatic heterocycles. The van der Waals surface area contributed by atoms with Gasteiger partial charge in [-0.2, -0.15) is 0 Å². The Balaban J connectivity index is 3.88. The Labute approximate surface area is 87.9 Å². The van der Waals surface area contributed by atoms with Crippen LogP contribution in [0.2, 0.25) is 0 Å². The highest BCUT2D eigenvalue weighted by Gasteiger charge is 2.16. The lowest BCUT2D eigenvalue weighted by Gasteiger charge is -2.26. The van der Waals surface area contributed by atoms with Gasteiger partial charge in [-0.3, -0.25) is 0 Å². The van der Waals surface area contributed by atoms with Crippen molar-refractivity contribution in [1.29, 1.82) is 0 Å². The highest BCUT2D eigenvalue weighted by molar-refractivity contribution is 5.74. The van der Waals surface area contributed by atoms with E-state index < -0.39 is 0 Å². The highest BCUT2D eigenvalue weighted by Crippen LogP contribution is 2.03. The van der Waals surface area contributed by atoms with E-state index in [4.69, 9.17) is 0 Å². The standard InChI is InChI=1S/C11H24N2O/c1-9(2)7-8-13(6)10(14)12-11(3,4)5/h9H,7-8H2,1-6H3,(H,12,14). The van der Waals surface area contributed by atoms with E-state index in [0.29, 0.717) is 5.92 Å². The minimum Gasteiger partial charge on any atom is -0.333 e. The van der Waals surface area contributed by atoms with E-state index in [2.05, 4.69) is 19.2 Å². The number of nitrogens with one attached hydrogen (secondary N) is 1. The maximum Gasteiger partial charge on any atom is 0.317 e. The van der Waals surface area contributed by atoms with Crippen LogP contribution in [0.4, 0.5) is 4.79 Å². The van der Waals surface area contributed by atoms with Gasteiger partial charge in [-0.1, -0.05) is 13.8 Å². The van der Waals surface area contributed by atoms with Crippen LogP contribution in [0.25, 0.3) is 0 Å². The van der Waals surface area contributed by atoms with Crippen LogP contribution in [0.3, 0.4) is 0 Å². The van der Waals surface area contributed by atoms with Crippen LogP contribution in [0.1, 0.15) is 41.0 Å². The lowest BCUT2D eigenvalue weighted by Crippen LogP contribution is -2.47. The van der Waals surface area contributed by atoms with Crippen LogP contribution in [-0.2, 0) is 0 Å². The van der Waals surface area contributed by atoms with Gasteiger partial charge >= 0.3 is 6.03 Å².